The van der Waals surface area contributed by atoms with E-state index in [0.717, 1.165) is 16.8 Å². The zero-order valence-electron chi connectivity index (χ0n) is 19.3. The molecule has 2 atom stereocenters. The fourth-order valence-corrected chi connectivity index (χ4v) is 3.98. The van der Waals surface area contributed by atoms with E-state index in [1.807, 2.05) is 39.0 Å². The van der Waals surface area contributed by atoms with E-state index in [4.69, 9.17) is 14.2 Å². The second-order valence-corrected chi connectivity index (χ2v) is 8.65. The van der Waals surface area contributed by atoms with Crippen LogP contribution in [0.15, 0.2) is 66.7 Å². The van der Waals surface area contributed by atoms with Gasteiger partial charge >= 0.3 is 5.97 Å². The molecule has 0 bridgehead atoms. The van der Waals surface area contributed by atoms with Crippen molar-refractivity contribution in [2.75, 3.05) is 11.9 Å². The van der Waals surface area contributed by atoms with Crippen molar-refractivity contribution in [3.05, 3.63) is 95.1 Å². The molecular formula is C27H27F2NO4. The third-order valence-electron chi connectivity index (χ3n) is 5.72. The number of halogens is 2. The monoisotopic (exact) mass is 467 g/mol. The Bertz CT molecular complexity index is 1150. The van der Waals surface area contributed by atoms with E-state index in [1.54, 1.807) is 12.1 Å². The van der Waals surface area contributed by atoms with Gasteiger partial charge in [0.15, 0.2) is 6.10 Å². The third kappa shape index (κ3) is 5.20. The molecule has 1 aliphatic rings. The first-order chi connectivity index (χ1) is 16.3. The highest BCUT2D eigenvalue weighted by molar-refractivity contribution is 5.89. The molecule has 0 saturated heterocycles. The maximum absolute atomic E-state index is 13.3. The standard InChI is InChI=1S/C27H27F2NO4/c1-4-32-24-22-15-21(30-16-17-5-9-19(28)10-6-17)13-14-23(22)34-27(2,3)25(24)33-26(31)18-7-11-20(29)12-8-18/h5-15,24-25,30H,4,16H2,1-3H3. The second kappa shape index (κ2) is 9.81. The predicted molar refractivity (Wildman–Crippen MR) is 125 cm³/mol. The Kier molecular flexibility index (Phi) is 6.84. The predicted octanol–water partition coefficient (Wildman–Crippen LogP) is 6.05. The molecule has 3 aromatic carbocycles. The average Bonchev–Trinajstić information content (AvgIpc) is 2.81. The molecule has 0 saturated carbocycles. The van der Waals surface area contributed by atoms with Crippen molar-refractivity contribution in [3.8, 4) is 5.75 Å². The summed E-state index contributed by atoms with van der Waals surface area (Å²) in [6.45, 7) is 6.46. The van der Waals surface area contributed by atoms with E-state index in [2.05, 4.69) is 5.32 Å². The molecule has 0 amide bonds. The Labute approximate surface area is 197 Å². The summed E-state index contributed by atoms with van der Waals surface area (Å²) >= 11 is 0. The van der Waals surface area contributed by atoms with Crippen molar-refractivity contribution in [3.63, 3.8) is 0 Å². The molecule has 5 nitrogen and oxygen atoms in total. The number of fused-ring (bicyclic) bond motifs is 1. The Morgan fingerprint density at radius 1 is 1.00 bits per heavy atom. The number of esters is 1. The average molecular weight is 468 g/mol. The lowest BCUT2D eigenvalue weighted by Crippen LogP contribution is -2.51. The van der Waals surface area contributed by atoms with Gasteiger partial charge in [0.25, 0.3) is 0 Å². The van der Waals surface area contributed by atoms with Crippen LogP contribution in [-0.4, -0.2) is 24.3 Å². The lowest BCUT2D eigenvalue weighted by atomic mass is 9.87. The zero-order chi connectivity index (χ0) is 24.3. The SMILES string of the molecule is CCOC1c2cc(NCc3ccc(F)cc3)ccc2OC(C)(C)C1OC(=O)c1ccc(F)cc1. The van der Waals surface area contributed by atoms with Crippen molar-refractivity contribution < 1.29 is 27.8 Å². The van der Waals surface area contributed by atoms with Gasteiger partial charge in [-0.15, -0.1) is 0 Å². The first-order valence-corrected chi connectivity index (χ1v) is 11.2. The maximum Gasteiger partial charge on any atom is 0.338 e. The smallest absolute Gasteiger partial charge is 0.338 e. The van der Waals surface area contributed by atoms with E-state index in [0.29, 0.717) is 18.9 Å². The van der Waals surface area contributed by atoms with Gasteiger partial charge in [-0.3, -0.25) is 0 Å². The van der Waals surface area contributed by atoms with Gasteiger partial charge in [0.1, 0.15) is 29.1 Å². The van der Waals surface area contributed by atoms with E-state index in [-0.39, 0.29) is 11.4 Å². The number of carbonyl (C=O) groups is 1. The van der Waals surface area contributed by atoms with Crippen LogP contribution in [-0.2, 0) is 16.0 Å². The number of carbonyl (C=O) groups excluding carboxylic acids is 1. The first-order valence-electron chi connectivity index (χ1n) is 11.2. The first kappa shape index (κ1) is 23.7. The molecule has 1 aliphatic heterocycles. The van der Waals surface area contributed by atoms with E-state index < -0.39 is 29.6 Å². The second-order valence-electron chi connectivity index (χ2n) is 8.65. The number of rotatable bonds is 7. The number of nitrogens with one attached hydrogen (secondary N) is 1. The quantitative estimate of drug-likeness (QED) is 0.429. The number of hydrogen-bond donors (Lipinski definition) is 1. The van der Waals surface area contributed by atoms with Crippen LogP contribution in [0.25, 0.3) is 0 Å². The Balaban J connectivity index is 1.59. The highest BCUT2D eigenvalue weighted by Gasteiger charge is 2.47. The van der Waals surface area contributed by atoms with Crippen molar-refractivity contribution in [2.45, 2.75) is 45.1 Å². The van der Waals surface area contributed by atoms with Gasteiger partial charge in [-0.1, -0.05) is 12.1 Å². The largest absolute Gasteiger partial charge is 0.483 e. The molecule has 4 rings (SSSR count). The van der Waals surface area contributed by atoms with Crippen molar-refractivity contribution in [2.24, 2.45) is 0 Å². The van der Waals surface area contributed by atoms with Crippen LogP contribution in [0.1, 0.15) is 48.4 Å². The van der Waals surface area contributed by atoms with Gasteiger partial charge in [-0.2, -0.15) is 0 Å². The highest BCUT2D eigenvalue weighted by atomic mass is 19.1. The fourth-order valence-electron chi connectivity index (χ4n) is 3.98. The Morgan fingerprint density at radius 2 is 1.65 bits per heavy atom. The van der Waals surface area contributed by atoms with Crippen LogP contribution in [0.3, 0.4) is 0 Å². The zero-order valence-corrected chi connectivity index (χ0v) is 19.3. The number of anilines is 1. The molecule has 0 radical (unpaired) electrons. The number of ether oxygens (including phenoxy) is 3. The van der Waals surface area contributed by atoms with E-state index >= 15 is 0 Å². The summed E-state index contributed by atoms with van der Waals surface area (Å²) in [7, 11) is 0. The van der Waals surface area contributed by atoms with Crippen LogP contribution in [0.2, 0.25) is 0 Å². The van der Waals surface area contributed by atoms with Gasteiger partial charge < -0.3 is 19.5 Å². The minimum absolute atomic E-state index is 0.243. The maximum atomic E-state index is 13.3. The van der Waals surface area contributed by atoms with Gasteiger partial charge in [-0.25, -0.2) is 13.6 Å². The Morgan fingerprint density at radius 3 is 2.29 bits per heavy atom. The Hall–Kier alpha value is -3.45. The summed E-state index contributed by atoms with van der Waals surface area (Å²) < 4.78 is 44.6. The highest BCUT2D eigenvalue weighted by Crippen LogP contribution is 2.44. The van der Waals surface area contributed by atoms with Gasteiger partial charge in [0.2, 0.25) is 0 Å². The minimum atomic E-state index is -0.869. The molecule has 7 heteroatoms. The molecule has 0 aliphatic carbocycles. The normalized spacial score (nSPS) is 18.5. The lowest BCUT2D eigenvalue weighted by Gasteiger charge is -2.43. The number of benzene rings is 3. The van der Waals surface area contributed by atoms with Crippen molar-refractivity contribution in [1.29, 1.82) is 0 Å². The summed E-state index contributed by atoms with van der Waals surface area (Å²) in [6, 6.07) is 17.1. The van der Waals surface area contributed by atoms with Crippen LogP contribution in [0, 0.1) is 11.6 Å². The minimum Gasteiger partial charge on any atom is -0.483 e. The molecule has 3 aromatic rings. The summed E-state index contributed by atoms with van der Waals surface area (Å²) in [4.78, 5) is 12.8. The van der Waals surface area contributed by atoms with Crippen LogP contribution in [0.4, 0.5) is 14.5 Å². The molecule has 1 heterocycles. The van der Waals surface area contributed by atoms with Crippen LogP contribution >= 0.6 is 0 Å². The number of hydrogen-bond acceptors (Lipinski definition) is 5. The summed E-state index contributed by atoms with van der Waals surface area (Å²) in [5, 5.41) is 3.32. The molecule has 0 aromatic heterocycles. The molecule has 178 valence electrons. The molecule has 34 heavy (non-hydrogen) atoms. The van der Waals surface area contributed by atoms with Gasteiger partial charge in [-0.05, 0) is 80.9 Å². The molecule has 1 N–H and O–H groups in total. The van der Waals surface area contributed by atoms with E-state index in [9.17, 15) is 13.6 Å². The van der Waals surface area contributed by atoms with Crippen LogP contribution < -0.4 is 10.1 Å². The molecule has 2 unspecified atom stereocenters. The molecule has 0 spiro atoms. The van der Waals surface area contributed by atoms with Gasteiger partial charge in [0.05, 0.1) is 5.56 Å². The summed E-state index contributed by atoms with van der Waals surface area (Å²) in [5.41, 5.74) is 1.88. The van der Waals surface area contributed by atoms with Crippen molar-refractivity contribution in [1.82, 2.24) is 0 Å². The van der Waals surface area contributed by atoms with Gasteiger partial charge in [0, 0.05) is 24.4 Å². The topological polar surface area (TPSA) is 56.8 Å². The lowest BCUT2D eigenvalue weighted by molar-refractivity contribution is -0.137. The van der Waals surface area contributed by atoms with E-state index in [1.165, 1.54) is 36.4 Å². The fraction of sp³-hybridized carbons (Fsp3) is 0.296. The van der Waals surface area contributed by atoms with Crippen LogP contribution in [0.5, 0.6) is 5.75 Å². The molecular weight excluding hydrogens is 440 g/mol. The van der Waals surface area contributed by atoms with Crippen molar-refractivity contribution >= 4 is 11.7 Å². The summed E-state index contributed by atoms with van der Waals surface area (Å²) in [6.07, 6.45) is -1.31. The third-order valence-corrected chi connectivity index (χ3v) is 5.72. The summed E-state index contributed by atoms with van der Waals surface area (Å²) in [5.74, 6) is -0.650. The molecule has 0 fully saturated rings.